The zero-order valence-corrected chi connectivity index (χ0v) is 11.4. The van der Waals surface area contributed by atoms with Gasteiger partial charge >= 0.3 is 0 Å². The highest BCUT2D eigenvalue weighted by Gasteiger charge is 2.20. The van der Waals surface area contributed by atoms with Gasteiger partial charge in [0.15, 0.2) is 5.82 Å². The predicted molar refractivity (Wildman–Crippen MR) is 74.1 cm³/mol. The van der Waals surface area contributed by atoms with E-state index in [9.17, 15) is 8.78 Å². The normalized spacial score (nSPS) is 22.4. The average Bonchev–Trinajstić information content (AvgIpc) is 2.47. The van der Waals surface area contributed by atoms with Crippen LogP contribution in [0.15, 0.2) is 24.4 Å². The van der Waals surface area contributed by atoms with Gasteiger partial charge in [0.2, 0.25) is 0 Å². The lowest BCUT2D eigenvalue weighted by atomic mass is 10.1. The molecule has 112 valence electrons. The van der Waals surface area contributed by atoms with Gasteiger partial charge in [-0.2, -0.15) is 0 Å². The van der Waals surface area contributed by atoms with Crippen molar-refractivity contribution >= 4 is 10.9 Å². The molecule has 1 fully saturated rings. The fourth-order valence-electron chi connectivity index (χ4n) is 2.42. The van der Waals surface area contributed by atoms with Gasteiger partial charge in [-0.1, -0.05) is 0 Å². The van der Waals surface area contributed by atoms with Crippen LogP contribution < -0.4 is 10.5 Å². The van der Waals surface area contributed by atoms with E-state index in [-0.39, 0.29) is 17.7 Å². The Bertz CT molecular complexity index is 643. The molecule has 0 radical (unpaired) electrons. The van der Waals surface area contributed by atoms with E-state index in [0.717, 1.165) is 18.9 Å². The van der Waals surface area contributed by atoms with E-state index in [4.69, 9.17) is 15.2 Å². The van der Waals surface area contributed by atoms with E-state index in [0.29, 0.717) is 24.3 Å². The molecular formula is C15H16F2N2O2. The summed E-state index contributed by atoms with van der Waals surface area (Å²) in [6, 6.07) is 3.70. The second-order valence-electron chi connectivity index (χ2n) is 5.20. The molecular weight excluding hydrogens is 278 g/mol. The molecule has 0 saturated carbocycles. The van der Waals surface area contributed by atoms with Crippen LogP contribution in [0.2, 0.25) is 0 Å². The third-order valence-electron chi connectivity index (χ3n) is 3.55. The maximum absolute atomic E-state index is 13.7. The van der Waals surface area contributed by atoms with Gasteiger partial charge < -0.3 is 15.2 Å². The number of nitrogens with zero attached hydrogens (tertiary/aromatic N) is 1. The molecule has 2 heterocycles. The van der Waals surface area contributed by atoms with Gasteiger partial charge in [0, 0.05) is 23.7 Å². The number of fused-ring (bicyclic) bond motifs is 1. The second kappa shape index (κ2) is 5.91. The Morgan fingerprint density at radius 2 is 2.19 bits per heavy atom. The summed E-state index contributed by atoms with van der Waals surface area (Å²) in [6.45, 7) is 0.832. The molecule has 1 aromatic carbocycles. The Morgan fingerprint density at radius 3 is 2.95 bits per heavy atom. The average molecular weight is 294 g/mol. The highest BCUT2D eigenvalue weighted by molar-refractivity contribution is 5.85. The van der Waals surface area contributed by atoms with E-state index in [2.05, 4.69) is 4.98 Å². The van der Waals surface area contributed by atoms with Gasteiger partial charge in [0.1, 0.15) is 23.7 Å². The van der Waals surface area contributed by atoms with Crippen molar-refractivity contribution in [3.8, 4) is 5.75 Å². The van der Waals surface area contributed by atoms with Crippen LogP contribution in [0.3, 0.4) is 0 Å². The van der Waals surface area contributed by atoms with E-state index in [1.807, 2.05) is 0 Å². The quantitative estimate of drug-likeness (QED) is 0.944. The highest BCUT2D eigenvalue weighted by Crippen LogP contribution is 2.27. The van der Waals surface area contributed by atoms with Crippen LogP contribution in [-0.2, 0) is 4.74 Å². The molecule has 1 aliphatic rings. The number of rotatable bonds is 3. The van der Waals surface area contributed by atoms with Crippen LogP contribution in [-0.4, -0.2) is 30.3 Å². The molecule has 1 saturated heterocycles. The van der Waals surface area contributed by atoms with Gasteiger partial charge in [0.05, 0.1) is 12.7 Å². The third kappa shape index (κ3) is 3.11. The number of ether oxygens (including phenoxy) is 2. The van der Waals surface area contributed by atoms with E-state index >= 15 is 0 Å². The fourth-order valence-corrected chi connectivity index (χ4v) is 2.42. The van der Waals surface area contributed by atoms with Crippen LogP contribution in [0.25, 0.3) is 10.9 Å². The van der Waals surface area contributed by atoms with Crippen molar-refractivity contribution in [3.63, 3.8) is 0 Å². The number of hydrogen-bond donors (Lipinski definition) is 1. The van der Waals surface area contributed by atoms with Crippen molar-refractivity contribution in [2.45, 2.75) is 25.0 Å². The fraction of sp³-hybridized carbons (Fsp3) is 0.400. The Labute approximate surface area is 120 Å². The third-order valence-corrected chi connectivity index (χ3v) is 3.55. The van der Waals surface area contributed by atoms with Gasteiger partial charge in [-0.25, -0.2) is 8.78 Å². The van der Waals surface area contributed by atoms with Gasteiger partial charge in [-0.05, 0) is 25.0 Å². The molecule has 0 bridgehead atoms. The highest BCUT2D eigenvalue weighted by atomic mass is 19.1. The lowest BCUT2D eigenvalue weighted by Crippen LogP contribution is -2.37. The molecule has 1 aromatic heterocycles. The van der Waals surface area contributed by atoms with Crippen LogP contribution in [0.1, 0.15) is 12.8 Å². The molecule has 0 unspecified atom stereocenters. The summed E-state index contributed by atoms with van der Waals surface area (Å²) in [5, 5.41) is 0.322. The number of pyridine rings is 1. The molecule has 2 atom stereocenters. The number of nitrogens with two attached hydrogens (primary N) is 1. The standard InChI is InChI=1S/C15H16F2N2O2/c16-9-5-12-14(3-4-19-15(12)13(17)6-9)21-8-11-2-1-10(18)7-20-11/h3-6,10-11H,1-2,7-8,18H2/t10-,11+/m1/s1. The Hall–Kier alpha value is -1.79. The van der Waals surface area contributed by atoms with Gasteiger partial charge in [-0.3, -0.25) is 4.98 Å². The monoisotopic (exact) mass is 294 g/mol. The smallest absolute Gasteiger partial charge is 0.152 e. The maximum atomic E-state index is 13.7. The van der Waals surface area contributed by atoms with Crippen molar-refractivity contribution in [2.75, 3.05) is 13.2 Å². The topological polar surface area (TPSA) is 57.4 Å². The van der Waals surface area contributed by atoms with Crippen molar-refractivity contribution in [3.05, 3.63) is 36.0 Å². The second-order valence-corrected chi connectivity index (χ2v) is 5.20. The Balaban J connectivity index is 1.78. The zero-order chi connectivity index (χ0) is 14.8. The minimum absolute atomic E-state index is 0.0496. The molecule has 6 heteroatoms. The first-order chi connectivity index (χ1) is 10.1. The zero-order valence-electron chi connectivity index (χ0n) is 11.4. The molecule has 2 aromatic rings. The number of halogens is 2. The largest absolute Gasteiger partial charge is 0.490 e. The lowest BCUT2D eigenvalue weighted by molar-refractivity contribution is -0.0194. The summed E-state index contributed by atoms with van der Waals surface area (Å²) in [4.78, 5) is 3.92. The molecule has 0 amide bonds. The first kappa shape index (κ1) is 14.2. The minimum atomic E-state index is -0.699. The summed E-state index contributed by atoms with van der Waals surface area (Å²) in [5.74, 6) is -0.954. The van der Waals surface area contributed by atoms with Crippen LogP contribution >= 0.6 is 0 Å². The van der Waals surface area contributed by atoms with E-state index in [1.54, 1.807) is 6.07 Å². The number of aromatic nitrogens is 1. The van der Waals surface area contributed by atoms with Crippen LogP contribution in [0.5, 0.6) is 5.75 Å². The first-order valence-electron chi connectivity index (χ1n) is 6.87. The molecule has 2 N–H and O–H groups in total. The number of hydrogen-bond acceptors (Lipinski definition) is 4. The molecule has 0 aliphatic carbocycles. The van der Waals surface area contributed by atoms with Crippen molar-refractivity contribution < 1.29 is 18.3 Å². The van der Waals surface area contributed by atoms with Gasteiger partial charge in [0.25, 0.3) is 0 Å². The minimum Gasteiger partial charge on any atom is -0.490 e. The summed E-state index contributed by atoms with van der Waals surface area (Å²) in [5.41, 5.74) is 5.85. The molecule has 4 nitrogen and oxygen atoms in total. The Kier molecular flexibility index (Phi) is 3.98. The first-order valence-corrected chi connectivity index (χ1v) is 6.87. The van der Waals surface area contributed by atoms with Crippen molar-refractivity contribution in [1.82, 2.24) is 4.98 Å². The molecule has 1 aliphatic heterocycles. The van der Waals surface area contributed by atoms with E-state index in [1.165, 1.54) is 12.3 Å². The number of benzene rings is 1. The summed E-state index contributed by atoms with van der Waals surface area (Å²) < 4.78 is 38.2. The maximum Gasteiger partial charge on any atom is 0.152 e. The molecule has 0 spiro atoms. The molecule has 3 rings (SSSR count). The molecule has 21 heavy (non-hydrogen) atoms. The Morgan fingerprint density at radius 1 is 1.33 bits per heavy atom. The lowest BCUT2D eigenvalue weighted by Gasteiger charge is -2.26. The van der Waals surface area contributed by atoms with Crippen LogP contribution in [0.4, 0.5) is 8.78 Å². The van der Waals surface area contributed by atoms with Gasteiger partial charge in [-0.15, -0.1) is 0 Å². The van der Waals surface area contributed by atoms with Crippen molar-refractivity contribution in [2.24, 2.45) is 5.73 Å². The van der Waals surface area contributed by atoms with Crippen molar-refractivity contribution in [1.29, 1.82) is 0 Å². The summed E-state index contributed by atoms with van der Waals surface area (Å²) >= 11 is 0. The predicted octanol–water partition coefficient (Wildman–Crippen LogP) is 2.40. The SMILES string of the molecule is N[C@@H]1CC[C@@H](COc2ccnc3c(F)cc(F)cc23)OC1. The van der Waals surface area contributed by atoms with Crippen LogP contribution in [0, 0.1) is 11.6 Å². The summed E-state index contributed by atoms with van der Waals surface area (Å²) in [6.07, 6.45) is 3.09. The summed E-state index contributed by atoms with van der Waals surface area (Å²) in [7, 11) is 0. The van der Waals surface area contributed by atoms with E-state index < -0.39 is 11.6 Å².